The fourth-order valence-corrected chi connectivity index (χ4v) is 6.44. The van der Waals surface area contributed by atoms with E-state index in [4.69, 9.17) is 15.6 Å². The highest BCUT2D eigenvalue weighted by atomic mass is 19.4. The summed E-state index contributed by atoms with van der Waals surface area (Å²) in [5.74, 6) is -1.03. The zero-order chi connectivity index (χ0) is 35.0. The summed E-state index contributed by atoms with van der Waals surface area (Å²) in [5.41, 5.74) is 11.5. The first-order valence-electron chi connectivity index (χ1n) is 16.5. The number of nitrogens with zero attached hydrogens (tertiary/aromatic N) is 5. The van der Waals surface area contributed by atoms with Gasteiger partial charge < -0.3 is 20.4 Å². The number of carbonyl (C=O) groups is 1. The van der Waals surface area contributed by atoms with E-state index < -0.39 is 29.6 Å². The molecule has 258 valence electrons. The number of halogens is 4. The maximum absolute atomic E-state index is 16.7. The number of nitrogens with one attached hydrogen (secondary N) is 1. The Morgan fingerprint density at radius 2 is 1.78 bits per heavy atom. The predicted molar refractivity (Wildman–Crippen MR) is 179 cm³/mol. The largest absolute Gasteiger partial charge is 0.460 e. The lowest BCUT2D eigenvalue weighted by molar-refractivity contribution is -0.147. The van der Waals surface area contributed by atoms with E-state index in [0.29, 0.717) is 60.0 Å². The minimum absolute atomic E-state index is 0.0740. The Bertz CT molecular complexity index is 1960. The van der Waals surface area contributed by atoms with Crippen molar-refractivity contribution in [2.45, 2.75) is 78.7 Å². The number of aromatic nitrogens is 5. The SMILES string of the molecule is CCc1cccc(CC)c1-n1nc2c(c1-c1c(F)cc(COC(=O)[C@@H](N)[C@@H](C)CC)c3[nH]ccc13)CN(c1ncc(C(F)(F)F)cn1)CC2. The molecule has 0 spiro atoms. The van der Waals surface area contributed by atoms with E-state index in [0.717, 1.165) is 40.5 Å². The quantitative estimate of drug-likeness (QED) is 0.120. The number of esters is 1. The number of carbonyl (C=O) groups excluding carboxylic acids is 1. The van der Waals surface area contributed by atoms with Crippen molar-refractivity contribution in [1.29, 1.82) is 0 Å². The van der Waals surface area contributed by atoms with Crippen LogP contribution in [0.4, 0.5) is 23.5 Å². The van der Waals surface area contributed by atoms with Gasteiger partial charge in [0.25, 0.3) is 0 Å². The van der Waals surface area contributed by atoms with Crippen LogP contribution in [0.3, 0.4) is 0 Å². The number of rotatable bonds is 10. The number of hydrogen-bond acceptors (Lipinski definition) is 7. The molecule has 0 unspecified atom stereocenters. The highest BCUT2D eigenvalue weighted by Gasteiger charge is 2.34. The average molecular weight is 678 g/mol. The number of benzene rings is 2. The molecule has 0 saturated heterocycles. The monoisotopic (exact) mass is 677 g/mol. The highest BCUT2D eigenvalue weighted by molar-refractivity contribution is 5.98. The molecule has 3 aromatic heterocycles. The van der Waals surface area contributed by atoms with E-state index in [-0.39, 0.29) is 25.0 Å². The molecular formula is C36H39F4N7O2. The molecule has 3 N–H and O–H groups in total. The molecule has 0 amide bonds. The van der Waals surface area contributed by atoms with Gasteiger partial charge in [0.2, 0.25) is 5.95 Å². The summed E-state index contributed by atoms with van der Waals surface area (Å²) in [6.07, 6.45) is 1.27. The van der Waals surface area contributed by atoms with Crippen LogP contribution < -0.4 is 10.6 Å². The molecule has 9 nitrogen and oxygen atoms in total. The van der Waals surface area contributed by atoms with Crippen molar-refractivity contribution < 1.29 is 27.1 Å². The van der Waals surface area contributed by atoms with Crippen LogP contribution >= 0.6 is 0 Å². The van der Waals surface area contributed by atoms with Gasteiger partial charge in [-0.15, -0.1) is 0 Å². The Morgan fingerprint density at radius 1 is 1.08 bits per heavy atom. The topological polar surface area (TPSA) is 115 Å². The number of hydrogen-bond donors (Lipinski definition) is 2. The normalized spacial score (nSPS) is 14.6. The van der Waals surface area contributed by atoms with Gasteiger partial charge in [-0.3, -0.25) is 4.79 Å². The second kappa shape index (κ2) is 13.6. The molecule has 0 bridgehead atoms. The second-order valence-corrected chi connectivity index (χ2v) is 12.4. The summed E-state index contributed by atoms with van der Waals surface area (Å²) in [5, 5.41) is 5.65. The van der Waals surface area contributed by atoms with Crippen LogP contribution in [0.15, 0.2) is 48.9 Å². The molecule has 1 aliphatic rings. The number of nitrogens with two attached hydrogens (primary N) is 1. The summed E-state index contributed by atoms with van der Waals surface area (Å²) < 4.78 is 63.9. The fraction of sp³-hybridized carbons (Fsp3) is 0.389. The van der Waals surface area contributed by atoms with Crippen LogP contribution in [0.2, 0.25) is 0 Å². The lowest BCUT2D eigenvalue weighted by atomic mass is 9.95. The molecule has 4 heterocycles. The molecular weight excluding hydrogens is 638 g/mol. The number of alkyl halides is 3. The summed E-state index contributed by atoms with van der Waals surface area (Å²) in [7, 11) is 0. The van der Waals surface area contributed by atoms with Crippen molar-refractivity contribution in [3.63, 3.8) is 0 Å². The van der Waals surface area contributed by atoms with Crippen molar-refractivity contribution in [1.82, 2.24) is 24.7 Å². The first kappa shape index (κ1) is 34.1. The lowest BCUT2D eigenvalue weighted by Gasteiger charge is -2.27. The summed E-state index contributed by atoms with van der Waals surface area (Å²) in [4.78, 5) is 25.7. The van der Waals surface area contributed by atoms with Gasteiger partial charge in [0.1, 0.15) is 18.5 Å². The second-order valence-electron chi connectivity index (χ2n) is 12.4. The number of fused-ring (bicyclic) bond motifs is 2. The van der Waals surface area contributed by atoms with Crippen molar-refractivity contribution in [2.75, 3.05) is 11.4 Å². The summed E-state index contributed by atoms with van der Waals surface area (Å²) in [6, 6.07) is 8.42. The molecule has 2 atom stereocenters. The fourth-order valence-electron chi connectivity index (χ4n) is 6.44. The number of aromatic amines is 1. The van der Waals surface area contributed by atoms with Crippen LogP contribution in [-0.4, -0.2) is 43.3 Å². The number of ether oxygens (including phenoxy) is 1. The third-order valence-electron chi connectivity index (χ3n) is 9.47. The number of para-hydroxylation sites is 1. The molecule has 2 aromatic carbocycles. The van der Waals surface area contributed by atoms with E-state index in [1.54, 1.807) is 17.2 Å². The molecule has 0 saturated carbocycles. The summed E-state index contributed by atoms with van der Waals surface area (Å²) >= 11 is 0. The molecule has 0 aliphatic carbocycles. The van der Waals surface area contributed by atoms with Crippen molar-refractivity contribution in [3.8, 4) is 16.9 Å². The van der Waals surface area contributed by atoms with E-state index in [2.05, 4.69) is 28.8 Å². The minimum atomic E-state index is -4.56. The smallest absolute Gasteiger partial charge is 0.419 e. The number of aryl methyl sites for hydroxylation is 2. The van der Waals surface area contributed by atoms with Gasteiger partial charge in [-0.1, -0.05) is 52.3 Å². The highest BCUT2D eigenvalue weighted by Crippen LogP contribution is 2.41. The van der Waals surface area contributed by atoms with Crippen LogP contribution in [-0.2, 0) is 48.1 Å². The van der Waals surface area contributed by atoms with Crippen molar-refractivity contribution in [2.24, 2.45) is 11.7 Å². The standard InChI is InChI=1S/C36H39F4N7O2/c1-5-20(4)30(41)34(48)49-19-23-15-27(37)29(25-11-13-42-31(23)25)33-26-18-46(35-43-16-24(17-44-35)36(38,39)40)14-12-28(26)45-47(33)32-21(6-2)9-8-10-22(32)7-3/h8-11,13,15-17,20,30,42H,5-7,12,14,18-19,41H2,1-4H3/t20-,30-/m0/s1. The van der Waals surface area contributed by atoms with Crippen molar-refractivity contribution in [3.05, 3.63) is 88.3 Å². The Balaban J connectivity index is 1.49. The van der Waals surface area contributed by atoms with Gasteiger partial charge in [0.15, 0.2) is 0 Å². The van der Waals surface area contributed by atoms with E-state index in [9.17, 15) is 18.0 Å². The van der Waals surface area contributed by atoms with Crippen LogP contribution in [0, 0.1) is 11.7 Å². The number of anilines is 1. The van der Waals surface area contributed by atoms with E-state index >= 15 is 4.39 Å². The average Bonchev–Trinajstić information content (AvgIpc) is 3.74. The third-order valence-corrected chi connectivity index (χ3v) is 9.47. The van der Waals surface area contributed by atoms with Crippen LogP contribution in [0.25, 0.3) is 27.8 Å². The van der Waals surface area contributed by atoms with Crippen LogP contribution in [0.5, 0.6) is 0 Å². The maximum atomic E-state index is 16.7. The van der Waals surface area contributed by atoms with Gasteiger partial charge in [-0.25, -0.2) is 19.0 Å². The summed E-state index contributed by atoms with van der Waals surface area (Å²) in [6.45, 7) is 8.36. The first-order chi connectivity index (χ1) is 23.5. The Morgan fingerprint density at radius 3 is 2.41 bits per heavy atom. The molecule has 1 aliphatic heterocycles. The molecule has 0 fully saturated rings. The van der Waals surface area contributed by atoms with E-state index in [1.807, 2.05) is 36.7 Å². The molecule has 6 rings (SSSR count). The third kappa shape index (κ3) is 6.39. The maximum Gasteiger partial charge on any atom is 0.419 e. The van der Waals surface area contributed by atoms with Crippen LogP contribution in [0.1, 0.15) is 67.6 Å². The Labute approximate surface area is 281 Å². The zero-order valence-corrected chi connectivity index (χ0v) is 27.9. The van der Waals surface area contributed by atoms with Gasteiger partial charge in [0, 0.05) is 60.2 Å². The van der Waals surface area contributed by atoms with Gasteiger partial charge in [-0.2, -0.15) is 18.3 Å². The van der Waals surface area contributed by atoms with Gasteiger partial charge in [0.05, 0.1) is 28.2 Å². The van der Waals surface area contributed by atoms with Gasteiger partial charge >= 0.3 is 12.1 Å². The van der Waals surface area contributed by atoms with E-state index in [1.165, 1.54) is 6.07 Å². The Hall–Kier alpha value is -4.78. The lowest BCUT2D eigenvalue weighted by Crippen LogP contribution is -2.37. The molecule has 13 heteroatoms. The molecule has 0 radical (unpaired) electrons. The molecule has 49 heavy (non-hydrogen) atoms. The number of H-pyrrole nitrogens is 1. The predicted octanol–water partition coefficient (Wildman–Crippen LogP) is 7.07. The van der Waals surface area contributed by atoms with Gasteiger partial charge in [-0.05, 0) is 42.0 Å². The molecule has 5 aromatic rings. The first-order valence-corrected chi connectivity index (χ1v) is 16.5. The minimum Gasteiger partial charge on any atom is -0.460 e. The van der Waals surface area contributed by atoms with Crippen molar-refractivity contribution >= 4 is 22.8 Å². The Kier molecular flexibility index (Phi) is 9.47. The zero-order valence-electron chi connectivity index (χ0n) is 27.9.